The van der Waals surface area contributed by atoms with Crippen LogP contribution < -0.4 is 14.9 Å². The lowest BCUT2D eigenvalue weighted by atomic mass is 9.94. The summed E-state index contributed by atoms with van der Waals surface area (Å²) in [5, 5.41) is 25.1. The fourth-order valence-corrected chi connectivity index (χ4v) is 7.50. The molecule has 2 aliphatic rings. The Hall–Kier alpha value is -3.41. The molecule has 11 heteroatoms. The van der Waals surface area contributed by atoms with Gasteiger partial charge in [0.05, 0.1) is 28.6 Å². The first-order chi connectivity index (χ1) is 20.6. The third kappa shape index (κ3) is 7.39. The number of carbonyl (C=O) groups is 2. The zero-order valence-electron chi connectivity index (χ0n) is 25.2. The molecule has 1 aliphatic heterocycles. The van der Waals surface area contributed by atoms with Gasteiger partial charge in [0.25, 0.3) is 12.4 Å². The quantitative estimate of drug-likeness (QED) is 0.270. The Morgan fingerprint density at radius 2 is 1.81 bits per heavy atom. The first-order valence-electron chi connectivity index (χ1n) is 15.1. The average molecular weight is 613 g/mol. The van der Waals surface area contributed by atoms with Crippen LogP contribution in [0.1, 0.15) is 67.4 Å². The smallest absolute Gasteiger partial charge is 0.290 e. The number of aliphatic hydroxyl groups excluding tert-OH is 1. The van der Waals surface area contributed by atoms with Crippen molar-refractivity contribution < 1.29 is 28.2 Å². The van der Waals surface area contributed by atoms with Crippen LogP contribution in [0.2, 0.25) is 0 Å². The molecule has 0 saturated heterocycles. The summed E-state index contributed by atoms with van der Waals surface area (Å²) in [7, 11) is -2.02. The number of aryl methyl sites for hydroxylation is 1. The maximum absolute atomic E-state index is 13.8. The van der Waals surface area contributed by atoms with Crippen molar-refractivity contribution >= 4 is 39.0 Å². The predicted molar refractivity (Wildman–Crippen MR) is 169 cm³/mol. The Balaban J connectivity index is 0.00000135. The standard InChI is InChI=1S/C31H42N4O4S.CH2O2/c1-4-23-20-35-19-21(2)40(38,39)34(3)28-17-24(16-26(23)30(28)35)31(37)33-27(15-22-11-7-5-8-12-22)29(36)18-32-25-13-9-6-10-14-25;2-1-3/h5,7-8,11-12,16-17,20-21,25,27,29,32,36H,4,6,9-10,13-15,18-19H2,1-3H3,(H,33,37);1H,(H,2,3)/t21?,27-,29+;/m0./s1. The van der Waals surface area contributed by atoms with E-state index in [1.54, 1.807) is 20.0 Å². The number of amides is 1. The van der Waals surface area contributed by atoms with Gasteiger partial charge in [0.1, 0.15) is 0 Å². The lowest BCUT2D eigenvalue weighted by Crippen LogP contribution is -2.50. The van der Waals surface area contributed by atoms with Gasteiger partial charge in [-0.05, 0) is 55.9 Å². The molecule has 1 saturated carbocycles. The molecule has 1 aromatic heterocycles. The maximum atomic E-state index is 13.8. The van der Waals surface area contributed by atoms with Crippen LogP contribution in [0, 0.1) is 0 Å². The fourth-order valence-electron chi connectivity index (χ4n) is 6.20. The van der Waals surface area contributed by atoms with Crippen molar-refractivity contribution in [3.63, 3.8) is 0 Å². The van der Waals surface area contributed by atoms with Crippen molar-refractivity contribution in [2.45, 2.75) is 88.8 Å². The van der Waals surface area contributed by atoms with Gasteiger partial charge in [-0.2, -0.15) is 0 Å². The van der Waals surface area contributed by atoms with Crippen molar-refractivity contribution in [2.24, 2.45) is 0 Å². The normalized spacial score (nSPS) is 19.5. The highest BCUT2D eigenvalue weighted by molar-refractivity contribution is 7.93. The Bertz CT molecular complexity index is 1500. The van der Waals surface area contributed by atoms with Gasteiger partial charge in [-0.3, -0.25) is 13.9 Å². The summed E-state index contributed by atoms with van der Waals surface area (Å²) >= 11 is 0. The number of hydrogen-bond acceptors (Lipinski definition) is 6. The number of hydrogen-bond donors (Lipinski definition) is 4. The molecule has 0 spiro atoms. The molecular weight excluding hydrogens is 568 g/mol. The summed E-state index contributed by atoms with van der Waals surface area (Å²) in [6.45, 7) is 4.29. The molecular formula is C32H44N4O6S. The molecule has 5 rings (SSSR count). The number of nitrogens with zero attached hydrogens (tertiary/aromatic N) is 2. The first-order valence-corrected chi connectivity index (χ1v) is 16.6. The number of carbonyl (C=O) groups excluding carboxylic acids is 1. The monoisotopic (exact) mass is 612 g/mol. The van der Waals surface area contributed by atoms with Crippen molar-refractivity contribution in [3.8, 4) is 0 Å². The minimum Gasteiger partial charge on any atom is -0.483 e. The third-order valence-corrected chi connectivity index (χ3v) is 10.8. The lowest BCUT2D eigenvalue weighted by molar-refractivity contribution is -0.122. The largest absolute Gasteiger partial charge is 0.483 e. The van der Waals surface area contributed by atoms with Gasteiger partial charge in [-0.1, -0.05) is 56.5 Å². The third-order valence-electron chi connectivity index (χ3n) is 8.66. The topological polar surface area (TPSA) is 141 Å². The van der Waals surface area contributed by atoms with Gasteiger partial charge in [-0.25, -0.2) is 8.42 Å². The second-order valence-corrected chi connectivity index (χ2v) is 13.9. The van der Waals surface area contributed by atoms with Crippen molar-refractivity contribution in [3.05, 3.63) is 65.4 Å². The van der Waals surface area contributed by atoms with Crippen molar-refractivity contribution in [1.29, 1.82) is 0 Å². The van der Waals surface area contributed by atoms with Crippen LogP contribution in [-0.2, 0) is 34.2 Å². The number of rotatable bonds is 9. The van der Waals surface area contributed by atoms with Gasteiger partial charge in [0.2, 0.25) is 10.0 Å². The van der Waals surface area contributed by atoms with E-state index >= 15 is 0 Å². The van der Waals surface area contributed by atoms with Crippen LogP contribution in [0.25, 0.3) is 10.9 Å². The highest BCUT2D eigenvalue weighted by Crippen LogP contribution is 2.37. The summed E-state index contributed by atoms with van der Waals surface area (Å²) in [6.07, 6.45) is 8.36. The van der Waals surface area contributed by atoms with Gasteiger partial charge in [-0.15, -0.1) is 0 Å². The minimum atomic E-state index is -3.59. The SMILES string of the molecule is CCc1cn2c3c(cc(C(=O)N[C@@H](Cc4ccccc4)[C@H](O)CNC4CCCCC4)cc13)N(C)S(=O)(=O)C(C)C2.O=CO. The summed E-state index contributed by atoms with van der Waals surface area (Å²) in [5.74, 6) is -0.325. The van der Waals surface area contributed by atoms with Crippen LogP contribution in [0.15, 0.2) is 48.7 Å². The Kier molecular flexibility index (Phi) is 10.9. The molecule has 1 unspecified atom stereocenters. The fraction of sp³-hybridized carbons (Fsp3) is 0.500. The van der Waals surface area contributed by atoms with E-state index in [0.717, 1.165) is 41.3 Å². The zero-order valence-corrected chi connectivity index (χ0v) is 26.0. The summed E-state index contributed by atoms with van der Waals surface area (Å²) in [4.78, 5) is 22.2. The van der Waals surface area contributed by atoms with E-state index in [1.807, 2.05) is 47.2 Å². The van der Waals surface area contributed by atoms with Gasteiger partial charge < -0.3 is 25.4 Å². The van der Waals surface area contributed by atoms with Crippen LogP contribution in [-0.4, -0.2) is 72.6 Å². The molecule has 43 heavy (non-hydrogen) atoms. The van der Waals surface area contributed by atoms with Crippen LogP contribution in [0.5, 0.6) is 0 Å². The molecule has 4 N–H and O–H groups in total. The van der Waals surface area contributed by atoms with E-state index in [0.29, 0.717) is 36.8 Å². The summed E-state index contributed by atoms with van der Waals surface area (Å²) in [5.41, 5.74) is 3.82. The summed E-state index contributed by atoms with van der Waals surface area (Å²) in [6, 6.07) is 13.3. The number of anilines is 1. The van der Waals surface area contributed by atoms with Gasteiger partial charge >= 0.3 is 0 Å². The molecule has 10 nitrogen and oxygen atoms in total. The van der Waals surface area contributed by atoms with Crippen LogP contribution in [0.4, 0.5) is 5.69 Å². The van der Waals surface area contributed by atoms with E-state index in [2.05, 4.69) is 17.6 Å². The van der Waals surface area contributed by atoms with Crippen LogP contribution >= 0.6 is 0 Å². The molecule has 0 bridgehead atoms. The van der Waals surface area contributed by atoms with E-state index < -0.39 is 27.4 Å². The minimum absolute atomic E-state index is 0.250. The number of aliphatic hydroxyl groups is 1. The number of nitrogens with one attached hydrogen (secondary N) is 2. The van der Waals surface area contributed by atoms with Crippen molar-refractivity contribution in [2.75, 3.05) is 17.9 Å². The molecule has 0 radical (unpaired) electrons. The molecule has 1 amide bonds. The second-order valence-electron chi connectivity index (χ2n) is 11.6. The molecule has 2 heterocycles. The molecule has 3 aromatic rings. The van der Waals surface area contributed by atoms with E-state index in [-0.39, 0.29) is 12.4 Å². The number of aromatic nitrogens is 1. The maximum Gasteiger partial charge on any atom is 0.290 e. The van der Waals surface area contributed by atoms with Gasteiger partial charge in [0.15, 0.2) is 0 Å². The van der Waals surface area contributed by atoms with Crippen LogP contribution in [0.3, 0.4) is 0 Å². The number of carboxylic acid groups (broad SMARTS) is 1. The molecule has 3 atom stereocenters. The Labute approximate surface area is 254 Å². The van der Waals surface area contributed by atoms with E-state index in [4.69, 9.17) is 9.90 Å². The van der Waals surface area contributed by atoms with E-state index in [1.165, 1.54) is 23.6 Å². The highest BCUT2D eigenvalue weighted by atomic mass is 32.2. The number of sulfonamides is 1. The van der Waals surface area contributed by atoms with Crippen molar-refractivity contribution in [1.82, 2.24) is 15.2 Å². The summed E-state index contributed by atoms with van der Waals surface area (Å²) < 4.78 is 29.8. The highest BCUT2D eigenvalue weighted by Gasteiger charge is 2.34. The van der Waals surface area contributed by atoms with E-state index in [9.17, 15) is 18.3 Å². The Morgan fingerprint density at radius 3 is 2.47 bits per heavy atom. The molecule has 2 aromatic carbocycles. The number of benzene rings is 2. The Morgan fingerprint density at radius 1 is 1.14 bits per heavy atom. The molecule has 234 valence electrons. The molecule has 1 fully saturated rings. The van der Waals surface area contributed by atoms with Gasteiger partial charge in [0, 0.05) is 43.3 Å². The average Bonchev–Trinajstić information content (AvgIpc) is 3.34. The zero-order chi connectivity index (χ0) is 31.1. The first kappa shape index (κ1) is 32.5. The second kappa shape index (κ2) is 14.4. The predicted octanol–water partition coefficient (Wildman–Crippen LogP) is 3.70. The lowest BCUT2D eigenvalue weighted by Gasteiger charge is -2.28. The molecule has 1 aliphatic carbocycles.